The molecule has 7 unspecified atom stereocenters. The molecule has 166 valence electrons. The van der Waals surface area contributed by atoms with Crippen molar-refractivity contribution in [2.24, 2.45) is 0 Å². The highest BCUT2D eigenvalue weighted by Crippen LogP contribution is 2.59. The Bertz CT molecular complexity index is 548. The minimum Gasteiger partial charge on any atom is -0.373 e. The minimum atomic E-state index is -4.04. The zero-order chi connectivity index (χ0) is 21.1. The predicted octanol–water partition coefficient (Wildman–Crippen LogP) is 3.10. The summed E-state index contributed by atoms with van der Waals surface area (Å²) in [5, 5.41) is 10.7. The first-order chi connectivity index (χ1) is 12.9. The molecular weight excluding hydrogens is 407 g/mol. The van der Waals surface area contributed by atoms with Gasteiger partial charge in [0.1, 0.15) is 12.7 Å². The summed E-state index contributed by atoms with van der Waals surface area (Å²) in [6.07, 6.45) is -0.623. The van der Waals surface area contributed by atoms with Crippen LogP contribution in [0.2, 0.25) is 0 Å². The van der Waals surface area contributed by atoms with E-state index < -0.39 is 18.7 Å². The van der Waals surface area contributed by atoms with Gasteiger partial charge in [-0.1, -0.05) is 0 Å². The Kier molecular flexibility index (Phi) is 8.84. The van der Waals surface area contributed by atoms with E-state index in [2.05, 4.69) is 0 Å². The second-order valence-electron chi connectivity index (χ2n) is 8.17. The summed E-state index contributed by atoms with van der Waals surface area (Å²) >= 11 is 0.798. The summed E-state index contributed by atoms with van der Waals surface area (Å²) in [5.74, 6) is -1.48. The standard InChI is InChI=1S/C18H35O8PS/c1-11(2)22-10-18(19)17(8-14(6)25-18)26-27(20,21)28-9-16-15(23-12(3)4)7-13(5)24-16/h11-17,19H,7-10H2,1-6H3,(H,20,21). The molecule has 2 N–H and O–H groups in total. The van der Waals surface area contributed by atoms with Gasteiger partial charge in [0.2, 0.25) is 5.79 Å². The molecule has 2 rings (SSSR count). The van der Waals surface area contributed by atoms with Crippen LogP contribution in [0.1, 0.15) is 54.4 Å². The molecule has 2 saturated heterocycles. The lowest BCUT2D eigenvalue weighted by molar-refractivity contribution is -0.251. The van der Waals surface area contributed by atoms with Crippen LogP contribution in [-0.2, 0) is 28.0 Å². The average Bonchev–Trinajstić information content (AvgIpc) is 3.02. The molecule has 0 spiro atoms. The SMILES string of the molecule is CC(C)OCC1(O)OC(C)CC1OP(=O)(O)SCC1OC(C)CC1OC(C)C. The van der Waals surface area contributed by atoms with Gasteiger partial charge in [0.05, 0.1) is 36.6 Å². The van der Waals surface area contributed by atoms with Crippen molar-refractivity contribution in [1.82, 2.24) is 0 Å². The molecule has 2 fully saturated rings. The normalized spacial score (nSPS) is 38.4. The lowest BCUT2D eigenvalue weighted by Crippen LogP contribution is -2.45. The third-order valence-corrected chi connectivity index (χ3v) is 7.58. The molecule has 0 aromatic carbocycles. The van der Waals surface area contributed by atoms with Gasteiger partial charge in [0, 0.05) is 18.6 Å². The Labute approximate surface area is 171 Å². The maximum atomic E-state index is 12.7. The monoisotopic (exact) mass is 442 g/mol. The van der Waals surface area contributed by atoms with Crippen molar-refractivity contribution in [2.45, 2.75) is 103 Å². The Morgan fingerprint density at radius 1 is 1.18 bits per heavy atom. The van der Waals surface area contributed by atoms with E-state index in [4.69, 9.17) is 23.5 Å². The molecule has 0 bridgehead atoms. The van der Waals surface area contributed by atoms with Crippen molar-refractivity contribution in [3.8, 4) is 0 Å². The molecule has 0 radical (unpaired) electrons. The van der Waals surface area contributed by atoms with Gasteiger partial charge in [-0.05, 0) is 52.9 Å². The minimum absolute atomic E-state index is 0.0377. The van der Waals surface area contributed by atoms with Crippen molar-refractivity contribution in [3.05, 3.63) is 0 Å². The Morgan fingerprint density at radius 3 is 2.46 bits per heavy atom. The molecule has 0 saturated carbocycles. The highest BCUT2D eigenvalue weighted by atomic mass is 32.7. The van der Waals surface area contributed by atoms with Gasteiger partial charge < -0.3 is 28.9 Å². The van der Waals surface area contributed by atoms with Crippen molar-refractivity contribution in [2.75, 3.05) is 12.4 Å². The number of ether oxygens (including phenoxy) is 4. The molecule has 7 atom stereocenters. The van der Waals surface area contributed by atoms with Gasteiger partial charge in [-0.2, -0.15) is 0 Å². The van der Waals surface area contributed by atoms with Crippen LogP contribution in [0.15, 0.2) is 0 Å². The van der Waals surface area contributed by atoms with Crippen LogP contribution in [0.25, 0.3) is 0 Å². The quantitative estimate of drug-likeness (QED) is 0.494. The van der Waals surface area contributed by atoms with Crippen LogP contribution < -0.4 is 0 Å². The van der Waals surface area contributed by atoms with E-state index in [0.717, 1.165) is 17.8 Å². The molecule has 8 nitrogen and oxygen atoms in total. The van der Waals surface area contributed by atoms with Crippen molar-refractivity contribution >= 4 is 18.2 Å². The molecule has 2 aliphatic heterocycles. The maximum Gasteiger partial charge on any atom is 0.387 e. The van der Waals surface area contributed by atoms with Gasteiger partial charge in [-0.25, -0.2) is 4.57 Å². The Balaban J connectivity index is 1.93. The van der Waals surface area contributed by atoms with Crippen LogP contribution in [0, 0.1) is 0 Å². The zero-order valence-corrected chi connectivity index (χ0v) is 19.3. The average molecular weight is 443 g/mol. The molecule has 0 aromatic heterocycles. The summed E-state index contributed by atoms with van der Waals surface area (Å²) in [5.41, 5.74) is 0. The lowest BCUT2D eigenvalue weighted by Gasteiger charge is -2.30. The largest absolute Gasteiger partial charge is 0.387 e. The molecular formula is C18H35O8PS. The van der Waals surface area contributed by atoms with Crippen molar-refractivity contribution < 1.29 is 38.0 Å². The van der Waals surface area contributed by atoms with Crippen molar-refractivity contribution in [3.63, 3.8) is 0 Å². The van der Waals surface area contributed by atoms with Gasteiger partial charge >= 0.3 is 6.80 Å². The highest BCUT2D eigenvalue weighted by molar-refractivity contribution is 8.54. The molecule has 2 aliphatic rings. The fourth-order valence-corrected chi connectivity index (χ4v) is 6.18. The molecule has 2 heterocycles. The van der Waals surface area contributed by atoms with Crippen LogP contribution in [0.3, 0.4) is 0 Å². The number of rotatable bonds is 10. The summed E-state index contributed by atoms with van der Waals surface area (Å²) in [6, 6.07) is 0. The number of hydrogen-bond acceptors (Lipinski definition) is 8. The molecule has 28 heavy (non-hydrogen) atoms. The molecule has 10 heteroatoms. The van der Waals surface area contributed by atoms with Gasteiger partial charge in [0.15, 0.2) is 0 Å². The topological polar surface area (TPSA) is 104 Å². The third-order valence-electron chi connectivity index (χ3n) is 4.57. The van der Waals surface area contributed by atoms with E-state index in [0.29, 0.717) is 6.42 Å². The van der Waals surface area contributed by atoms with Crippen LogP contribution >= 0.6 is 18.2 Å². The smallest absolute Gasteiger partial charge is 0.373 e. The van der Waals surface area contributed by atoms with Crippen LogP contribution in [0.5, 0.6) is 0 Å². The second-order valence-corrected chi connectivity index (χ2v) is 12.1. The van der Waals surface area contributed by atoms with Gasteiger partial charge in [-0.3, -0.25) is 4.52 Å². The Morgan fingerprint density at radius 2 is 1.86 bits per heavy atom. The zero-order valence-electron chi connectivity index (χ0n) is 17.6. The highest BCUT2D eigenvalue weighted by Gasteiger charge is 2.50. The first-order valence-corrected chi connectivity index (χ1v) is 13.1. The summed E-state index contributed by atoms with van der Waals surface area (Å²) in [4.78, 5) is 10.4. The fourth-order valence-electron chi connectivity index (χ4n) is 3.42. The summed E-state index contributed by atoms with van der Waals surface area (Å²) in [6.45, 7) is 7.15. The maximum absolute atomic E-state index is 12.7. The fraction of sp³-hybridized carbons (Fsp3) is 1.00. The third kappa shape index (κ3) is 7.22. The predicted molar refractivity (Wildman–Crippen MR) is 107 cm³/mol. The van der Waals surface area contributed by atoms with Gasteiger partial charge in [0.25, 0.3) is 0 Å². The Hall–Kier alpha value is 0.300. The first kappa shape index (κ1) is 24.6. The van der Waals surface area contributed by atoms with Crippen LogP contribution in [-0.4, -0.2) is 70.9 Å². The number of hydrogen-bond donors (Lipinski definition) is 2. The summed E-state index contributed by atoms with van der Waals surface area (Å²) in [7, 11) is 0. The van der Waals surface area contributed by atoms with E-state index in [1.54, 1.807) is 6.92 Å². The van der Waals surface area contributed by atoms with Gasteiger partial charge in [-0.15, -0.1) is 0 Å². The van der Waals surface area contributed by atoms with E-state index >= 15 is 0 Å². The molecule has 0 aromatic rings. The lowest BCUT2D eigenvalue weighted by atomic mass is 10.1. The van der Waals surface area contributed by atoms with E-state index in [1.165, 1.54) is 0 Å². The van der Waals surface area contributed by atoms with E-state index in [1.807, 2.05) is 34.6 Å². The summed E-state index contributed by atoms with van der Waals surface area (Å²) < 4.78 is 40.8. The number of aliphatic hydroxyl groups is 1. The van der Waals surface area contributed by atoms with Crippen molar-refractivity contribution in [1.29, 1.82) is 0 Å². The molecule has 0 amide bonds. The van der Waals surface area contributed by atoms with Crippen LogP contribution in [0.4, 0.5) is 0 Å². The first-order valence-electron chi connectivity index (χ1n) is 9.88. The van der Waals surface area contributed by atoms with E-state index in [-0.39, 0.29) is 49.0 Å². The van der Waals surface area contributed by atoms with E-state index in [9.17, 15) is 14.6 Å². The second kappa shape index (κ2) is 10.1. The molecule has 0 aliphatic carbocycles.